The summed E-state index contributed by atoms with van der Waals surface area (Å²) in [6, 6.07) is 13.7. The van der Waals surface area contributed by atoms with Crippen molar-refractivity contribution in [3.63, 3.8) is 0 Å². The first-order valence-corrected chi connectivity index (χ1v) is 10.2. The van der Waals surface area contributed by atoms with Gasteiger partial charge in [-0.1, -0.05) is 25.1 Å². The molecule has 1 amide bonds. The van der Waals surface area contributed by atoms with Gasteiger partial charge in [0.2, 0.25) is 0 Å². The van der Waals surface area contributed by atoms with E-state index in [1.807, 2.05) is 49.4 Å². The van der Waals surface area contributed by atoms with Gasteiger partial charge in [-0.3, -0.25) is 0 Å². The van der Waals surface area contributed by atoms with Gasteiger partial charge in [-0.2, -0.15) is 4.98 Å². The van der Waals surface area contributed by atoms with Crippen LogP contribution in [-0.2, 0) is 4.74 Å². The molecule has 0 aliphatic carbocycles. The highest BCUT2D eigenvalue weighted by molar-refractivity contribution is 5.75. The number of ether oxygens (including phenoxy) is 3. The van der Waals surface area contributed by atoms with E-state index >= 15 is 0 Å². The molecular weight excluding hydrogens is 398 g/mol. The Kier molecular flexibility index (Phi) is 5.49. The maximum Gasteiger partial charge on any atom is 0.409 e. The topological polar surface area (TPSA) is 96.9 Å². The number of para-hydroxylation sites is 2. The number of hydrogen-bond acceptors (Lipinski definition) is 6. The third-order valence-corrected chi connectivity index (χ3v) is 6.28. The van der Waals surface area contributed by atoms with Crippen LogP contribution in [0.15, 0.2) is 42.5 Å². The number of aromatic nitrogens is 2. The fraction of sp³-hybridized carbons (Fsp3) is 0.391. The predicted octanol–water partition coefficient (Wildman–Crippen LogP) is 3.92. The summed E-state index contributed by atoms with van der Waals surface area (Å²) in [5.74, 6) is 0.949. The number of nitrogens with zero attached hydrogens (tertiary/aromatic N) is 2. The smallest absolute Gasteiger partial charge is 0.409 e. The van der Waals surface area contributed by atoms with Gasteiger partial charge >= 0.3 is 6.09 Å². The number of aliphatic hydroxyl groups excluding tert-OH is 1. The summed E-state index contributed by atoms with van der Waals surface area (Å²) in [5, 5.41) is 10.6. The highest BCUT2D eigenvalue weighted by Crippen LogP contribution is 2.47. The molecule has 164 valence electrons. The molecule has 8 nitrogen and oxygen atoms in total. The van der Waals surface area contributed by atoms with E-state index in [1.54, 1.807) is 18.9 Å². The number of carbonyl (C=O) groups is 1. The minimum Gasteiger partial charge on any atom is -0.493 e. The minimum absolute atomic E-state index is 0.115. The van der Waals surface area contributed by atoms with Gasteiger partial charge in [0.1, 0.15) is 0 Å². The quantitative estimate of drug-likeness (QED) is 0.643. The van der Waals surface area contributed by atoms with E-state index in [2.05, 4.69) is 9.97 Å². The van der Waals surface area contributed by atoms with E-state index in [1.165, 1.54) is 7.11 Å². The predicted molar refractivity (Wildman–Crippen MR) is 116 cm³/mol. The van der Waals surface area contributed by atoms with Crippen LogP contribution in [0, 0.1) is 5.41 Å². The van der Waals surface area contributed by atoms with Crippen LogP contribution in [0.3, 0.4) is 0 Å². The molecule has 2 aromatic carbocycles. The van der Waals surface area contributed by atoms with Crippen molar-refractivity contribution in [2.45, 2.75) is 25.9 Å². The molecule has 1 aliphatic heterocycles. The zero-order valence-corrected chi connectivity index (χ0v) is 18.1. The summed E-state index contributed by atoms with van der Waals surface area (Å²) in [5.41, 5.74) is 2.07. The first kappa shape index (κ1) is 21.0. The Morgan fingerprint density at radius 2 is 2.03 bits per heavy atom. The number of fused-ring (bicyclic) bond motifs is 1. The number of likely N-dealkylation sites (tertiary alicyclic amines) is 1. The second-order valence-electron chi connectivity index (χ2n) is 8.16. The third kappa shape index (κ3) is 3.79. The van der Waals surface area contributed by atoms with Gasteiger partial charge in [-0.25, -0.2) is 4.79 Å². The van der Waals surface area contributed by atoms with E-state index in [0.717, 1.165) is 16.6 Å². The average molecular weight is 425 g/mol. The number of imidazole rings is 1. The van der Waals surface area contributed by atoms with Gasteiger partial charge in [0.05, 0.1) is 31.4 Å². The molecule has 31 heavy (non-hydrogen) atoms. The van der Waals surface area contributed by atoms with Crippen LogP contribution >= 0.6 is 0 Å². The largest absolute Gasteiger partial charge is 0.493 e. The molecule has 0 radical (unpaired) electrons. The second-order valence-corrected chi connectivity index (χ2v) is 8.16. The van der Waals surface area contributed by atoms with Crippen molar-refractivity contribution in [2.24, 2.45) is 5.41 Å². The molecule has 1 saturated heterocycles. The Balaban J connectivity index is 1.69. The first-order valence-electron chi connectivity index (χ1n) is 10.2. The summed E-state index contributed by atoms with van der Waals surface area (Å²) in [4.78, 5) is 21.4. The van der Waals surface area contributed by atoms with E-state index in [-0.39, 0.29) is 5.92 Å². The summed E-state index contributed by atoms with van der Waals surface area (Å²) < 4.78 is 16.4. The Hall–Kier alpha value is -3.26. The van der Waals surface area contributed by atoms with Crippen LogP contribution in [0.5, 0.6) is 17.5 Å². The first-order chi connectivity index (χ1) is 14.9. The van der Waals surface area contributed by atoms with Gasteiger partial charge in [-0.15, -0.1) is 0 Å². The highest BCUT2D eigenvalue weighted by atomic mass is 16.5. The number of amides is 1. The lowest BCUT2D eigenvalue weighted by Gasteiger charge is -2.33. The minimum atomic E-state index is -0.631. The summed E-state index contributed by atoms with van der Waals surface area (Å²) in [6.45, 7) is 4.57. The monoisotopic (exact) mass is 425 g/mol. The van der Waals surface area contributed by atoms with Crippen molar-refractivity contribution in [3.8, 4) is 17.5 Å². The van der Waals surface area contributed by atoms with E-state index in [9.17, 15) is 9.90 Å². The van der Waals surface area contributed by atoms with E-state index in [0.29, 0.717) is 30.6 Å². The Labute approximate surface area is 180 Å². The lowest BCUT2D eigenvalue weighted by Crippen LogP contribution is -2.38. The number of H-pyrrole nitrogens is 1. The van der Waals surface area contributed by atoms with Gasteiger partial charge in [0.15, 0.2) is 11.5 Å². The van der Waals surface area contributed by atoms with Crippen molar-refractivity contribution in [1.82, 2.24) is 14.9 Å². The Bertz CT molecular complexity index is 1060. The number of nitrogens with one attached hydrogen (secondary N) is 1. The van der Waals surface area contributed by atoms with Crippen LogP contribution in [0.25, 0.3) is 11.0 Å². The maximum absolute atomic E-state index is 12.2. The number of aromatic amines is 1. The van der Waals surface area contributed by atoms with E-state index < -0.39 is 17.6 Å². The van der Waals surface area contributed by atoms with Gasteiger partial charge < -0.3 is 29.2 Å². The standard InChI is InChI=1S/C23H27N3O5/c1-14(27)23(2)13-26(22(28)30-4)12-16(23)15-9-10-19(29-3)20(11-15)31-21-24-17-7-5-6-8-18(17)25-21/h5-11,14,16,27H,12-13H2,1-4H3,(H,24,25)/t14-,16-,23-/m1/s1. The maximum atomic E-state index is 12.2. The average Bonchev–Trinajstić information content (AvgIpc) is 3.34. The molecule has 1 aliphatic rings. The third-order valence-electron chi connectivity index (χ3n) is 6.28. The molecule has 3 aromatic rings. The number of aliphatic hydroxyl groups is 1. The highest BCUT2D eigenvalue weighted by Gasteiger charge is 2.48. The van der Waals surface area contributed by atoms with Crippen molar-refractivity contribution in [3.05, 3.63) is 48.0 Å². The molecule has 2 heterocycles. The van der Waals surface area contributed by atoms with Crippen molar-refractivity contribution < 1.29 is 24.1 Å². The zero-order chi connectivity index (χ0) is 22.2. The fourth-order valence-electron chi connectivity index (χ4n) is 4.26. The Morgan fingerprint density at radius 1 is 1.26 bits per heavy atom. The van der Waals surface area contributed by atoms with Crippen LogP contribution in [0.1, 0.15) is 25.3 Å². The molecule has 1 fully saturated rings. The summed E-state index contributed by atoms with van der Waals surface area (Å²) in [7, 11) is 2.94. The Morgan fingerprint density at radius 3 is 2.71 bits per heavy atom. The molecule has 0 bridgehead atoms. The van der Waals surface area contributed by atoms with Crippen LogP contribution < -0.4 is 9.47 Å². The normalized spacial score (nSPS) is 21.8. The number of hydrogen-bond donors (Lipinski definition) is 2. The van der Waals surface area contributed by atoms with E-state index in [4.69, 9.17) is 14.2 Å². The van der Waals surface area contributed by atoms with Gasteiger partial charge in [0.25, 0.3) is 6.01 Å². The van der Waals surface area contributed by atoms with Gasteiger partial charge in [-0.05, 0) is 36.8 Å². The molecule has 0 spiro atoms. The lowest BCUT2D eigenvalue weighted by molar-refractivity contribution is 0.0470. The van der Waals surface area contributed by atoms with Crippen molar-refractivity contribution >= 4 is 17.1 Å². The molecule has 2 N–H and O–H groups in total. The molecule has 1 aromatic heterocycles. The molecule has 3 atom stereocenters. The van der Waals surface area contributed by atoms with Gasteiger partial charge in [0, 0.05) is 24.4 Å². The van der Waals surface area contributed by atoms with Crippen molar-refractivity contribution in [1.29, 1.82) is 0 Å². The van der Waals surface area contributed by atoms with Crippen LogP contribution in [-0.4, -0.2) is 59.5 Å². The second kappa shape index (κ2) is 8.11. The molecule has 4 rings (SSSR count). The summed E-state index contributed by atoms with van der Waals surface area (Å²) in [6.07, 6.45) is -1.03. The number of benzene rings is 2. The molecular formula is C23H27N3O5. The summed E-state index contributed by atoms with van der Waals surface area (Å²) >= 11 is 0. The number of carbonyl (C=O) groups excluding carboxylic acids is 1. The van der Waals surface area contributed by atoms with Crippen LogP contribution in [0.2, 0.25) is 0 Å². The lowest BCUT2D eigenvalue weighted by atomic mass is 9.72. The fourth-order valence-corrected chi connectivity index (χ4v) is 4.26. The molecule has 8 heteroatoms. The van der Waals surface area contributed by atoms with Crippen LogP contribution in [0.4, 0.5) is 4.79 Å². The zero-order valence-electron chi connectivity index (χ0n) is 18.1. The number of rotatable bonds is 5. The SMILES string of the molecule is COC(=O)N1C[C@H](c2ccc(OC)c(Oc3nc4ccccc4[nH]3)c2)[C@@](C)([C@@H](C)O)C1. The molecule has 0 saturated carbocycles. The molecule has 0 unspecified atom stereocenters. The van der Waals surface area contributed by atoms with Crippen molar-refractivity contribution in [2.75, 3.05) is 27.3 Å². The number of methoxy groups -OCH3 is 2.